The van der Waals surface area contributed by atoms with E-state index in [1.165, 1.54) is 0 Å². The summed E-state index contributed by atoms with van der Waals surface area (Å²) >= 11 is 7.81. The molecule has 3 nitrogen and oxygen atoms in total. The van der Waals surface area contributed by atoms with E-state index in [-0.39, 0.29) is 0 Å². The molecule has 1 aromatic heterocycles. The van der Waals surface area contributed by atoms with E-state index in [0.717, 1.165) is 27.0 Å². The largest absolute Gasteiger partial charge is 0.250 e. The van der Waals surface area contributed by atoms with Gasteiger partial charge >= 0.3 is 0 Å². The summed E-state index contributed by atoms with van der Waals surface area (Å²) in [7, 11) is 3.92. The Kier molecular flexibility index (Phi) is 4.12. The Morgan fingerprint density at radius 1 is 1.35 bits per heavy atom. The first-order valence-electron chi connectivity index (χ1n) is 5.27. The lowest BCUT2D eigenvalue weighted by Crippen LogP contribution is -2.29. The topological polar surface area (TPSA) is 28.2 Å². The van der Waals surface area contributed by atoms with E-state index >= 15 is 0 Å². The summed E-state index contributed by atoms with van der Waals surface area (Å²) in [5.41, 5.74) is 4.23. The summed E-state index contributed by atoms with van der Waals surface area (Å²) in [5.74, 6) is 0. The Morgan fingerprint density at radius 2 is 2.12 bits per heavy atom. The van der Waals surface area contributed by atoms with Gasteiger partial charge in [-0.1, -0.05) is 29.8 Å². The molecule has 1 N–H and O–H groups in total. The van der Waals surface area contributed by atoms with Crippen LogP contribution < -0.4 is 5.43 Å². The number of aromatic nitrogens is 1. The maximum Gasteiger partial charge on any atom is 0.108 e. The lowest BCUT2D eigenvalue weighted by Gasteiger charge is -2.09. The second kappa shape index (κ2) is 5.60. The minimum Gasteiger partial charge on any atom is -0.250 e. The number of hydrogen-bond acceptors (Lipinski definition) is 4. The first-order valence-corrected chi connectivity index (χ1v) is 6.46. The second-order valence-corrected chi connectivity index (χ2v) is 5.35. The first kappa shape index (κ1) is 12.5. The van der Waals surface area contributed by atoms with Crippen LogP contribution in [0.25, 0.3) is 10.4 Å². The van der Waals surface area contributed by atoms with Crippen molar-refractivity contribution in [3.63, 3.8) is 0 Å². The monoisotopic (exact) mass is 267 g/mol. The van der Waals surface area contributed by atoms with Crippen LogP contribution in [-0.4, -0.2) is 24.1 Å². The average molecular weight is 268 g/mol. The molecule has 0 amide bonds. The van der Waals surface area contributed by atoms with E-state index in [1.807, 2.05) is 49.6 Å². The lowest BCUT2D eigenvalue weighted by atomic mass is 10.2. The van der Waals surface area contributed by atoms with E-state index in [9.17, 15) is 0 Å². The van der Waals surface area contributed by atoms with Crippen LogP contribution in [0.15, 0.2) is 30.5 Å². The number of nitrogens with zero attached hydrogens (tertiary/aromatic N) is 2. The van der Waals surface area contributed by atoms with Crippen molar-refractivity contribution < 1.29 is 0 Å². The normalized spacial score (nSPS) is 11.1. The number of halogens is 1. The standard InChI is InChI=1S/C12H14ClN3S/c1-16(2)15-8-12-14-7-11(17-12)9-5-3-4-6-10(9)13/h3-7,15H,8H2,1-2H3. The van der Waals surface area contributed by atoms with Crippen LogP contribution >= 0.6 is 22.9 Å². The van der Waals surface area contributed by atoms with E-state index in [4.69, 9.17) is 11.6 Å². The average Bonchev–Trinajstić information content (AvgIpc) is 2.75. The van der Waals surface area contributed by atoms with Crippen LogP contribution in [0.2, 0.25) is 5.02 Å². The van der Waals surface area contributed by atoms with Gasteiger partial charge in [0.1, 0.15) is 5.01 Å². The summed E-state index contributed by atoms with van der Waals surface area (Å²) in [6.45, 7) is 0.738. The molecule has 0 aliphatic rings. The summed E-state index contributed by atoms with van der Waals surface area (Å²) < 4.78 is 0. The quantitative estimate of drug-likeness (QED) is 0.863. The molecule has 0 bridgehead atoms. The molecule has 0 atom stereocenters. The van der Waals surface area contributed by atoms with Crippen LogP contribution in [0.5, 0.6) is 0 Å². The lowest BCUT2D eigenvalue weighted by molar-refractivity contribution is 0.286. The molecule has 5 heteroatoms. The first-order chi connectivity index (χ1) is 8.16. The van der Waals surface area contributed by atoms with Gasteiger partial charge in [0, 0.05) is 30.9 Å². The summed E-state index contributed by atoms with van der Waals surface area (Å²) in [6, 6.07) is 7.83. The Balaban J connectivity index is 2.16. The van der Waals surface area contributed by atoms with Crippen molar-refractivity contribution in [1.82, 2.24) is 15.4 Å². The van der Waals surface area contributed by atoms with Gasteiger partial charge < -0.3 is 0 Å². The molecule has 1 aromatic carbocycles. The van der Waals surface area contributed by atoms with Crippen molar-refractivity contribution in [3.05, 3.63) is 40.5 Å². The molecule has 0 spiro atoms. The van der Waals surface area contributed by atoms with Gasteiger partial charge in [-0.25, -0.2) is 10.4 Å². The fourth-order valence-electron chi connectivity index (χ4n) is 1.40. The molecule has 0 aliphatic carbocycles. The van der Waals surface area contributed by atoms with Crippen LogP contribution in [0, 0.1) is 0 Å². The smallest absolute Gasteiger partial charge is 0.108 e. The highest BCUT2D eigenvalue weighted by Crippen LogP contribution is 2.31. The number of rotatable bonds is 4. The fourth-order valence-corrected chi connectivity index (χ4v) is 2.59. The molecule has 1 heterocycles. The Labute approximate surface area is 110 Å². The molecular formula is C12H14ClN3S. The van der Waals surface area contributed by atoms with Crippen molar-refractivity contribution in [2.45, 2.75) is 6.54 Å². The second-order valence-electron chi connectivity index (χ2n) is 3.83. The highest BCUT2D eigenvalue weighted by atomic mass is 35.5. The van der Waals surface area contributed by atoms with E-state index in [0.29, 0.717) is 0 Å². The summed E-state index contributed by atoms with van der Waals surface area (Å²) in [6.07, 6.45) is 1.87. The molecule has 90 valence electrons. The number of thiazole rings is 1. The zero-order chi connectivity index (χ0) is 12.3. The van der Waals surface area contributed by atoms with Gasteiger partial charge in [0.2, 0.25) is 0 Å². The molecule has 2 rings (SSSR count). The van der Waals surface area contributed by atoms with Crippen molar-refractivity contribution in [3.8, 4) is 10.4 Å². The molecule has 0 aliphatic heterocycles. The third-order valence-corrected chi connectivity index (χ3v) is 3.60. The van der Waals surface area contributed by atoms with Crippen molar-refractivity contribution in [1.29, 1.82) is 0 Å². The highest BCUT2D eigenvalue weighted by Gasteiger charge is 2.07. The molecule has 17 heavy (non-hydrogen) atoms. The Bertz CT molecular complexity index is 496. The molecule has 0 radical (unpaired) electrons. The van der Waals surface area contributed by atoms with E-state index < -0.39 is 0 Å². The molecule has 0 unspecified atom stereocenters. The fraction of sp³-hybridized carbons (Fsp3) is 0.250. The molecule has 2 aromatic rings. The van der Waals surface area contributed by atoms with Crippen LogP contribution in [-0.2, 0) is 6.54 Å². The third-order valence-electron chi connectivity index (χ3n) is 2.24. The predicted molar refractivity (Wildman–Crippen MR) is 73.1 cm³/mol. The van der Waals surface area contributed by atoms with Gasteiger partial charge in [-0.3, -0.25) is 5.01 Å². The van der Waals surface area contributed by atoms with Gasteiger partial charge in [-0.2, -0.15) is 0 Å². The minimum absolute atomic E-state index is 0.738. The summed E-state index contributed by atoms with van der Waals surface area (Å²) in [4.78, 5) is 5.48. The Hall–Kier alpha value is -0.940. The van der Waals surface area contributed by atoms with Crippen molar-refractivity contribution >= 4 is 22.9 Å². The Morgan fingerprint density at radius 3 is 2.82 bits per heavy atom. The summed E-state index contributed by atoms with van der Waals surface area (Å²) in [5, 5.41) is 3.73. The zero-order valence-corrected chi connectivity index (χ0v) is 11.3. The third kappa shape index (κ3) is 3.26. The number of hydrazine groups is 1. The highest BCUT2D eigenvalue weighted by molar-refractivity contribution is 7.15. The minimum atomic E-state index is 0.738. The zero-order valence-electron chi connectivity index (χ0n) is 9.77. The number of benzene rings is 1. The van der Waals surface area contributed by atoms with Crippen LogP contribution in [0.1, 0.15) is 5.01 Å². The van der Waals surface area contributed by atoms with Gasteiger partial charge in [-0.15, -0.1) is 11.3 Å². The SMILES string of the molecule is CN(C)NCc1ncc(-c2ccccc2Cl)s1. The van der Waals surface area contributed by atoms with Gasteiger partial charge in [0.15, 0.2) is 0 Å². The number of hydrogen-bond donors (Lipinski definition) is 1. The van der Waals surface area contributed by atoms with Gasteiger partial charge in [0.25, 0.3) is 0 Å². The predicted octanol–water partition coefficient (Wildman–Crippen LogP) is 3.03. The molecular weight excluding hydrogens is 254 g/mol. The van der Waals surface area contributed by atoms with Gasteiger partial charge in [0.05, 0.1) is 11.4 Å². The van der Waals surface area contributed by atoms with Crippen molar-refractivity contribution in [2.24, 2.45) is 0 Å². The van der Waals surface area contributed by atoms with Crippen LogP contribution in [0.3, 0.4) is 0 Å². The molecule has 0 fully saturated rings. The van der Waals surface area contributed by atoms with Crippen LogP contribution in [0.4, 0.5) is 0 Å². The van der Waals surface area contributed by atoms with Crippen molar-refractivity contribution in [2.75, 3.05) is 14.1 Å². The van der Waals surface area contributed by atoms with Gasteiger partial charge in [-0.05, 0) is 6.07 Å². The molecule has 0 saturated heterocycles. The van der Waals surface area contributed by atoms with E-state index in [2.05, 4.69) is 10.4 Å². The maximum absolute atomic E-state index is 6.15. The number of nitrogens with one attached hydrogen (secondary N) is 1. The van der Waals surface area contributed by atoms with E-state index in [1.54, 1.807) is 11.3 Å². The molecule has 0 saturated carbocycles. The maximum atomic E-state index is 6.15.